The molecule has 0 aliphatic carbocycles. The lowest BCUT2D eigenvalue weighted by atomic mass is 10.1. The molecule has 0 fully saturated rings. The summed E-state index contributed by atoms with van der Waals surface area (Å²) >= 11 is 0. The Kier molecular flexibility index (Phi) is 3.36. The van der Waals surface area contributed by atoms with Crippen LogP contribution in [0.15, 0.2) is 28.9 Å². The van der Waals surface area contributed by atoms with Crippen molar-refractivity contribution in [1.82, 2.24) is 10.1 Å². The molecule has 94 valence electrons. The Morgan fingerprint density at radius 2 is 2.22 bits per heavy atom. The molecule has 2 rings (SSSR count). The summed E-state index contributed by atoms with van der Waals surface area (Å²) in [5.41, 5.74) is 0.913. The summed E-state index contributed by atoms with van der Waals surface area (Å²) in [6.07, 6.45) is 1.23. The first-order valence-corrected chi connectivity index (χ1v) is 5.46. The summed E-state index contributed by atoms with van der Waals surface area (Å²) in [5.74, 6) is -0.732. The lowest BCUT2D eigenvalue weighted by molar-refractivity contribution is 0.102. The van der Waals surface area contributed by atoms with Crippen molar-refractivity contribution in [3.8, 4) is 0 Å². The average Bonchev–Trinajstić information content (AvgIpc) is 2.77. The van der Waals surface area contributed by atoms with Crippen LogP contribution in [0.3, 0.4) is 0 Å². The van der Waals surface area contributed by atoms with E-state index >= 15 is 0 Å². The molecule has 0 unspecified atom stereocenters. The normalized spacial score (nSPS) is 10.7. The molecule has 6 heteroatoms. The highest BCUT2D eigenvalue weighted by Crippen LogP contribution is 2.18. The van der Waals surface area contributed by atoms with Gasteiger partial charge in [-0.25, -0.2) is 4.98 Å². The summed E-state index contributed by atoms with van der Waals surface area (Å²) in [4.78, 5) is 15.1. The van der Waals surface area contributed by atoms with Crippen LogP contribution in [0.4, 0.5) is 10.3 Å². The monoisotopic (exact) mass is 249 g/mol. The van der Waals surface area contributed by atoms with Gasteiger partial charge in [0.2, 0.25) is 11.8 Å². The van der Waals surface area contributed by atoms with Crippen LogP contribution in [0.2, 0.25) is 0 Å². The number of halogens is 1. The minimum absolute atomic E-state index is 0.171. The maximum Gasteiger partial charge on any atom is 0.258 e. The summed E-state index contributed by atoms with van der Waals surface area (Å²) in [6.45, 7) is 3.92. The third-order valence-electron chi connectivity index (χ3n) is 2.35. The molecule has 0 aliphatic rings. The van der Waals surface area contributed by atoms with Crippen LogP contribution in [0.5, 0.6) is 0 Å². The molecule has 0 radical (unpaired) electrons. The first kappa shape index (κ1) is 12.2. The predicted molar refractivity (Wildman–Crippen MR) is 62.7 cm³/mol. The molecule has 2 heterocycles. The van der Waals surface area contributed by atoms with Crippen molar-refractivity contribution in [2.24, 2.45) is 0 Å². The molecule has 0 saturated carbocycles. The van der Waals surface area contributed by atoms with Gasteiger partial charge in [0, 0.05) is 23.9 Å². The number of nitrogens with zero attached hydrogens (tertiary/aromatic N) is 2. The maximum atomic E-state index is 12.8. The zero-order chi connectivity index (χ0) is 13.1. The molecule has 18 heavy (non-hydrogen) atoms. The quantitative estimate of drug-likeness (QED) is 0.849. The van der Waals surface area contributed by atoms with Gasteiger partial charge in [-0.05, 0) is 12.0 Å². The molecule has 0 aliphatic heterocycles. The van der Waals surface area contributed by atoms with E-state index in [4.69, 9.17) is 4.52 Å². The Hall–Kier alpha value is -2.24. The van der Waals surface area contributed by atoms with Gasteiger partial charge in [-0.15, -0.1) is 0 Å². The van der Waals surface area contributed by atoms with E-state index in [0.29, 0.717) is 0 Å². The predicted octanol–water partition coefficient (Wildman–Crippen LogP) is 2.58. The van der Waals surface area contributed by atoms with Crippen molar-refractivity contribution in [1.29, 1.82) is 0 Å². The standard InChI is InChI=1S/C12H12FN3O2/c1-7(2)9-6-11(18-16-9)15-12(17)8-3-4-14-10(13)5-8/h3-7H,1-2H3,(H,15,17). The van der Waals surface area contributed by atoms with Crippen molar-refractivity contribution in [2.45, 2.75) is 19.8 Å². The highest BCUT2D eigenvalue weighted by molar-refractivity contribution is 6.03. The van der Waals surface area contributed by atoms with E-state index in [2.05, 4.69) is 15.5 Å². The summed E-state index contributed by atoms with van der Waals surface area (Å²) in [5, 5.41) is 6.30. The number of pyridine rings is 1. The number of aromatic nitrogens is 2. The summed E-state index contributed by atoms with van der Waals surface area (Å²) in [6, 6.07) is 4.10. The van der Waals surface area contributed by atoms with Crippen molar-refractivity contribution in [3.05, 3.63) is 41.6 Å². The minimum atomic E-state index is -0.705. The molecule has 2 aromatic heterocycles. The zero-order valence-corrected chi connectivity index (χ0v) is 9.98. The van der Waals surface area contributed by atoms with Gasteiger partial charge in [0.25, 0.3) is 5.91 Å². The van der Waals surface area contributed by atoms with Gasteiger partial charge in [-0.3, -0.25) is 10.1 Å². The van der Waals surface area contributed by atoms with Crippen LogP contribution >= 0.6 is 0 Å². The lowest BCUT2D eigenvalue weighted by Crippen LogP contribution is -2.11. The number of rotatable bonds is 3. The number of hydrogen-bond donors (Lipinski definition) is 1. The summed E-state index contributed by atoms with van der Waals surface area (Å²) < 4.78 is 17.8. The molecule has 0 saturated heterocycles. The van der Waals surface area contributed by atoms with Gasteiger partial charge < -0.3 is 4.52 Å². The number of hydrogen-bond acceptors (Lipinski definition) is 4. The first-order valence-electron chi connectivity index (χ1n) is 5.46. The second kappa shape index (κ2) is 4.95. The largest absolute Gasteiger partial charge is 0.338 e. The van der Waals surface area contributed by atoms with Crippen LogP contribution < -0.4 is 5.32 Å². The van der Waals surface area contributed by atoms with Crippen LogP contribution in [-0.2, 0) is 0 Å². The second-order valence-corrected chi connectivity index (χ2v) is 4.09. The molecule has 0 spiro atoms. The third-order valence-corrected chi connectivity index (χ3v) is 2.35. The molecule has 0 bridgehead atoms. The molecule has 0 aromatic carbocycles. The van der Waals surface area contributed by atoms with Crippen molar-refractivity contribution in [2.75, 3.05) is 5.32 Å². The third kappa shape index (κ3) is 2.71. The minimum Gasteiger partial charge on any atom is -0.338 e. The van der Waals surface area contributed by atoms with Crippen LogP contribution in [-0.4, -0.2) is 16.0 Å². The van der Waals surface area contributed by atoms with Crippen molar-refractivity contribution in [3.63, 3.8) is 0 Å². The van der Waals surface area contributed by atoms with Crippen LogP contribution in [0.25, 0.3) is 0 Å². The second-order valence-electron chi connectivity index (χ2n) is 4.09. The van der Waals surface area contributed by atoms with Gasteiger partial charge in [-0.2, -0.15) is 4.39 Å². The van der Waals surface area contributed by atoms with Crippen LogP contribution in [0.1, 0.15) is 35.8 Å². The topological polar surface area (TPSA) is 68.0 Å². The Morgan fingerprint density at radius 3 is 2.83 bits per heavy atom. The van der Waals surface area contributed by atoms with Gasteiger partial charge in [0.05, 0.1) is 5.69 Å². The highest BCUT2D eigenvalue weighted by atomic mass is 19.1. The van der Waals surface area contributed by atoms with E-state index in [1.165, 1.54) is 12.3 Å². The molecular weight excluding hydrogens is 237 g/mol. The Labute approximate surface area is 103 Å². The summed E-state index contributed by atoms with van der Waals surface area (Å²) in [7, 11) is 0. The number of amides is 1. The maximum absolute atomic E-state index is 12.8. The zero-order valence-electron chi connectivity index (χ0n) is 9.98. The number of nitrogens with one attached hydrogen (secondary N) is 1. The number of carbonyl (C=O) groups excluding carboxylic acids is 1. The molecule has 5 nitrogen and oxygen atoms in total. The SMILES string of the molecule is CC(C)c1cc(NC(=O)c2ccnc(F)c2)on1. The van der Waals surface area contributed by atoms with Gasteiger partial charge in [0.15, 0.2) is 0 Å². The Morgan fingerprint density at radius 1 is 1.44 bits per heavy atom. The van der Waals surface area contributed by atoms with Crippen molar-refractivity contribution < 1.29 is 13.7 Å². The molecule has 0 atom stereocenters. The molecular formula is C12H12FN3O2. The molecule has 1 amide bonds. The average molecular weight is 249 g/mol. The molecule has 2 aromatic rings. The first-order chi connectivity index (χ1) is 8.56. The van der Waals surface area contributed by atoms with Gasteiger partial charge >= 0.3 is 0 Å². The van der Waals surface area contributed by atoms with E-state index in [-0.39, 0.29) is 17.4 Å². The van der Waals surface area contributed by atoms with E-state index in [0.717, 1.165) is 11.8 Å². The lowest BCUT2D eigenvalue weighted by Gasteiger charge is -2.00. The van der Waals surface area contributed by atoms with Gasteiger partial charge in [0.1, 0.15) is 0 Å². The van der Waals surface area contributed by atoms with E-state index < -0.39 is 11.9 Å². The Bertz CT molecular complexity index is 566. The van der Waals surface area contributed by atoms with E-state index in [1.807, 2.05) is 13.8 Å². The fourth-order valence-corrected chi connectivity index (χ4v) is 1.35. The van der Waals surface area contributed by atoms with Crippen LogP contribution in [0, 0.1) is 5.95 Å². The molecule has 1 N–H and O–H groups in total. The van der Waals surface area contributed by atoms with E-state index in [9.17, 15) is 9.18 Å². The van der Waals surface area contributed by atoms with Crippen molar-refractivity contribution >= 4 is 11.8 Å². The Balaban J connectivity index is 2.11. The smallest absolute Gasteiger partial charge is 0.258 e. The van der Waals surface area contributed by atoms with Gasteiger partial charge in [-0.1, -0.05) is 19.0 Å². The number of carbonyl (C=O) groups is 1. The highest BCUT2D eigenvalue weighted by Gasteiger charge is 2.12. The fraction of sp³-hybridized carbons (Fsp3) is 0.250. The van der Waals surface area contributed by atoms with E-state index in [1.54, 1.807) is 6.07 Å². The fourth-order valence-electron chi connectivity index (χ4n) is 1.35. The number of anilines is 1.